The Bertz CT molecular complexity index is 1410. The van der Waals surface area contributed by atoms with Crippen LogP contribution in [0.2, 0.25) is 0 Å². The van der Waals surface area contributed by atoms with Crippen molar-refractivity contribution in [3.8, 4) is 5.69 Å². The molecule has 2 aromatic heterocycles. The molecule has 1 aliphatic rings. The first-order valence-electron chi connectivity index (χ1n) is 11.8. The molecule has 6 heteroatoms. The van der Waals surface area contributed by atoms with Crippen LogP contribution in [0.4, 0.5) is 5.69 Å². The lowest BCUT2D eigenvalue weighted by Gasteiger charge is -2.28. The summed E-state index contributed by atoms with van der Waals surface area (Å²) in [6.07, 6.45) is 1.85. The zero-order chi connectivity index (χ0) is 24.9. The Labute approximate surface area is 221 Å². The maximum atomic E-state index is 5.93. The van der Waals surface area contributed by atoms with Crippen LogP contribution < -0.4 is 10.2 Å². The van der Waals surface area contributed by atoms with E-state index in [2.05, 4.69) is 114 Å². The van der Waals surface area contributed by atoms with Gasteiger partial charge in [-0.2, -0.15) is 0 Å². The Morgan fingerprint density at radius 3 is 2.29 bits per heavy atom. The molecule has 4 aromatic rings. The van der Waals surface area contributed by atoms with Gasteiger partial charge in [0, 0.05) is 33.4 Å². The first-order valence-corrected chi connectivity index (χ1v) is 13.0. The Morgan fingerprint density at radius 2 is 1.63 bits per heavy atom. The quantitative estimate of drug-likeness (QED) is 0.272. The molecule has 1 saturated heterocycles. The molecule has 0 bridgehead atoms. The number of pyridine rings is 1. The lowest BCUT2D eigenvalue weighted by Crippen LogP contribution is -2.29. The van der Waals surface area contributed by atoms with Crippen LogP contribution in [-0.2, 0) is 0 Å². The van der Waals surface area contributed by atoms with E-state index in [1.54, 1.807) is 0 Å². The number of halogens is 1. The van der Waals surface area contributed by atoms with Crippen molar-refractivity contribution < 1.29 is 0 Å². The summed E-state index contributed by atoms with van der Waals surface area (Å²) in [7, 11) is 0. The average molecular weight is 546 g/mol. The van der Waals surface area contributed by atoms with Gasteiger partial charge in [0.1, 0.15) is 0 Å². The maximum Gasteiger partial charge on any atom is 0.174 e. The van der Waals surface area contributed by atoms with E-state index in [0.717, 1.165) is 15.9 Å². The van der Waals surface area contributed by atoms with E-state index in [9.17, 15) is 0 Å². The summed E-state index contributed by atoms with van der Waals surface area (Å²) in [4.78, 5) is 6.96. The monoisotopic (exact) mass is 544 g/mol. The van der Waals surface area contributed by atoms with E-state index in [1.807, 2.05) is 18.3 Å². The van der Waals surface area contributed by atoms with Gasteiger partial charge in [0.05, 0.1) is 17.8 Å². The van der Waals surface area contributed by atoms with E-state index in [1.165, 1.54) is 39.3 Å². The largest absolute Gasteiger partial charge is 0.351 e. The minimum atomic E-state index is -0.0687. The molecule has 5 rings (SSSR count). The summed E-state index contributed by atoms with van der Waals surface area (Å²) in [6.45, 7) is 10.8. The fourth-order valence-electron chi connectivity index (χ4n) is 5.29. The highest BCUT2D eigenvalue weighted by Crippen LogP contribution is 2.44. The van der Waals surface area contributed by atoms with Crippen LogP contribution >= 0.6 is 28.1 Å². The molecule has 0 unspecified atom stereocenters. The van der Waals surface area contributed by atoms with Crippen LogP contribution in [-0.4, -0.2) is 14.7 Å². The third-order valence-corrected chi connectivity index (χ3v) is 7.98. The van der Waals surface area contributed by atoms with E-state index in [4.69, 9.17) is 17.2 Å². The first kappa shape index (κ1) is 23.8. The molecule has 0 aliphatic carbocycles. The molecule has 2 atom stereocenters. The van der Waals surface area contributed by atoms with Crippen LogP contribution in [0, 0.1) is 34.6 Å². The number of nitrogens with one attached hydrogen (secondary N) is 1. The highest BCUT2D eigenvalue weighted by Gasteiger charge is 2.42. The van der Waals surface area contributed by atoms with Gasteiger partial charge in [-0.05, 0) is 118 Å². The van der Waals surface area contributed by atoms with Crippen LogP contribution in [0.3, 0.4) is 0 Å². The highest BCUT2D eigenvalue weighted by molar-refractivity contribution is 9.10. The van der Waals surface area contributed by atoms with Gasteiger partial charge < -0.3 is 14.8 Å². The molecule has 1 aliphatic heterocycles. The molecular weight excluding hydrogens is 516 g/mol. The minimum Gasteiger partial charge on any atom is -0.351 e. The summed E-state index contributed by atoms with van der Waals surface area (Å²) in [5, 5.41) is 4.30. The number of thiocarbonyl (C=S) groups is 1. The van der Waals surface area contributed by atoms with Gasteiger partial charge >= 0.3 is 0 Å². The Kier molecular flexibility index (Phi) is 6.28. The molecule has 3 heterocycles. The molecule has 2 aromatic carbocycles. The number of hydrogen-bond donors (Lipinski definition) is 1. The summed E-state index contributed by atoms with van der Waals surface area (Å²) in [5.41, 5.74) is 10.6. The van der Waals surface area contributed by atoms with Crippen molar-refractivity contribution >= 4 is 38.9 Å². The van der Waals surface area contributed by atoms with Gasteiger partial charge in [-0.25, -0.2) is 0 Å². The zero-order valence-electron chi connectivity index (χ0n) is 20.6. The van der Waals surface area contributed by atoms with Gasteiger partial charge in [0.25, 0.3) is 0 Å². The summed E-state index contributed by atoms with van der Waals surface area (Å²) in [6, 6.07) is 21.4. The predicted molar refractivity (Wildman–Crippen MR) is 152 cm³/mol. The van der Waals surface area contributed by atoms with Gasteiger partial charge in [-0.1, -0.05) is 28.1 Å². The van der Waals surface area contributed by atoms with Crippen LogP contribution in [0.15, 0.2) is 71.3 Å². The molecular formula is C29H29BrN4S. The zero-order valence-corrected chi connectivity index (χ0v) is 23.0. The van der Waals surface area contributed by atoms with Crippen molar-refractivity contribution in [2.75, 3.05) is 4.90 Å². The smallest absolute Gasteiger partial charge is 0.174 e. The van der Waals surface area contributed by atoms with Crippen molar-refractivity contribution in [3.05, 3.63) is 111 Å². The molecule has 0 radical (unpaired) electrons. The third-order valence-electron chi connectivity index (χ3n) is 6.77. The Hall–Kier alpha value is -2.96. The van der Waals surface area contributed by atoms with Crippen LogP contribution in [0.1, 0.15) is 51.4 Å². The topological polar surface area (TPSA) is 33.1 Å². The van der Waals surface area contributed by atoms with Gasteiger partial charge in [0.15, 0.2) is 5.11 Å². The molecule has 1 fully saturated rings. The predicted octanol–water partition coefficient (Wildman–Crippen LogP) is 7.35. The number of nitrogens with zero attached hydrogens (tertiary/aromatic N) is 3. The van der Waals surface area contributed by atoms with Crippen molar-refractivity contribution in [2.45, 2.75) is 46.7 Å². The normalized spacial score (nSPS) is 17.7. The van der Waals surface area contributed by atoms with Crippen LogP contribution in [0.5, 0.6) is 0 Å². The average Bonchev–Trinajstić information content (AvgIpc) is 3.31. The first-order chi connectivity index (χ1) is 16.7. The fraction of sp³-hybridized carbons (Fsp3) is 0.241. The molecule has 178 valence electrons. The van der Waals surface area contributed by atoms with Gasteiger partial charge in [-0.15, -0.1) is 0 Å². The summed E-state index contributed by atoms with van der Waals surface area (Å²) in [5.74, 6) is 0. The van der Waals surface area contributed by atoms with Crippen molar-refractivity contribution in [1.29, 1.82) is 0 Å². The van der Waals surface area contributed by atoms with E-state index < -0.39 is 0 Å². The number of rotatable bonds is 4. The highest BCUT2D eigenvalue weighted by atomic mass is 79.9. The molecule has 0 spiro atoms. The van der Waals surface area contributed by atoms with E-state index in [-0.39, 0.29) is 12.1 Å². The summed E-state index contributed by atoms with van der Waals surface area (Å²) < 4.78 is 3.45. The number of anilines is 1. The van der Waals surface area contributed by atoms with Crippen molar-refractivity contribution in [1.82, 2.24) is 14.9 Å². The van der Waals surface area contributed by atoms with Crippen molar-refractivity contribution in [2.24, 2.45) is 0 Å². The van der Waals surface area contributed by atoms with E-state index in [0.29, 0.717) is 5.11 Å². The van der Waals surface area contributed by atoms with Crippen molar-refractivity contribution in [3.63, 3.8) is 0 Å². The fourth-order valence-corrected chi connectivity index (χ4v) is 5.88. The van der Waals surface area contributed by atoms with Crippen LogP contribution in [0.25, 0.3) is 5.69 Å². The standard InChI is InChI=1S/C29H29BrN4S/c1-17-12-18(2)14-23(13-17)33-20(4)16-24(21(33)5)28-27(26-8-6-7-11-31-26)32-29(35)34(28)22-9-10-25(30)19(3)15-22/h6-16,27-28H,1-5H3,(H,32,35)/t27-,28-/m1/s1. The summed E-state index contributed by atoms with van der Waals surface area (Å²) >= 11 is 9.58. The Morgan fingerprint density at radius 1 is 0.886 bits per heavy atom. The number of aryl methyl sites for hydroxylation is 4. The maximum absolute atomic E-state index is 5.93. The second kappa shape index (κ2) is 9.25. The third kappa shape index (κ3) is 4.30. The Balaban J connectivity index is 1.70. The minimum absolute atomic E-state index is 0.0381. The molecule has 1 N–H and O–H groups in total. The lowest BCUT2D eigenvalue weighted by atomic mass is 9.96. The van der Waals surface area contributed by atoms with E-state index >= 15 is 0 Å². The lowest BCUT2D eigenvalue weighted by molar-refractivity contribution is 0.565. The molecule has 0 amide bonds. The van der Waals surface area contributed by atoms with Gasteiger partial charge in [0.2, 0.25) is 0 Å². The molecule has 0 saturated carbocycles. The second-order valence-electron chi connectivity index (χ2n) is 9.44. The number of benzene rings is 2. The number of hydrogen-bond acceptors (Lipinski definition) is 2. The molecule has 35 heavy (non-hydrogen) atoms. The molecule has 4 nitrogen and oxygen atoms in total. The SMILES string of the molecule is Cc1cc(C)cc(-n2c(C)cc([C@@H]3[C@@H](c4ccccn4)NC(=S)N3c3ccc(Br)c(C)c3)c2C)c1. The second-order valence-corrected chi connectivity index (χ2v) is 10.7. The number of aromatic nitrogens is 2. The van der Waals surface area contributed by atoms with Gasteiger partial charge in [-0.3, -0.25) is 4.98 Å².